The Hall–Kier alpha value is -2.47. The first-order chi connectivity index (χ1) is 12.1. The zero-order chi connectivity index (χ0) is 19.2. The number of amides is 2. The Balaban J connectivity index is 2.17. The van der Waals surface area contributed by atoms with E-state index >= 15 is 0 Å². The first kappa shape index (κ1) is 18.3. The van der Waals surface area contributed by atoms with Crippen molar-refractivity contribution in [3.63, 3.8) is 0 Å². The third-order valence-electron chi connectivity index (χ3n) is 3.43. The van der Waals surface area contributed by atoms with Crippen molar-refractivity contribution in [3.05, 3.63) is 38.6 Å². The van der Waals surface area contributed by atoms with Crippen molar-refractivity contribution in [2.24, 2.45) is 5.73 Å². The second-order valence-electron chi connectivity index (χ2n) is 5.22. The molecule has 4 N–H and O–H groups in total. The van der Waals surface area contributed by atoms with Crippen molar-refractivity contribution >= 4 is 55.0 Å². The molecule has 0 unspecified atom stereocenters. The number of halogens is 4. The minimum atomic E-state index is -4.64. The van der Waals surface area contributed by atoms with E-state index in [9.17, 15) is 22.8 Å². The lowest BCUT2D eigenvalue weighted by molar-refractivity contribution is -0.141. The highest BCUT2D eigenvalue weighted by atomic mass is 79.9. The number of alkyl halides is 3. The molecule has 0 saturated heterocycles. The standard InChI is InChI=1S/C14H9BrF3N5O2S/c1-4-2-6(14(16,17)18)21-13-7(4)9(10(26-13)11(19)24)22-12(25)8-5(15)3-20-23-8/h2-3H,1H3,(H2,19,24)(H,20,23)(H,22,25). The van der Waals surface area contributed by atoms with Gasteiger partial charge in [0.25, 0.3) is 11.8 Å². The lowest BCUT2D eigenvalue weighted by Gasteiger charge is -2.09. The molecule has 26 heavy (non-hydrogen) atoms. The molecule has 0 saturated carbocycles. The van der Waals surface area contributed by atoms with E-state index in [1.54, 1.807) is 0 Å². The zero-order valence-corrected chi connectivity index (χ0v) is 15.3. The number of hydrogen-bond acceptors (Lipinski definition) is 5. The van der Waals surface area contributed by atoms with Crippen LogP contribution in [0.5, 0.6) is 0 Å². The number of primary amides is 1. The predicted octanol–water partition coefficient (Wildman–Crippen LogP) is 3.46. The summed E-state index contributed by atoms with van der Waals surface area (Å²) in [5, 5.41) is 8.89. The number of aromatic amines is 1. The molecule has 3 heterocycles. The Bertz CT molecular complexity index is 1040. The van der Waals surface area contributed by atoms with Crippen LogP contribution in [0.25, 0.3) is 10.2 Å². The van der Waals surface area contributed by atoms with Gasteiger partial charge in [0, 0.05) is 5.39 Å². The van der Waals surface area contributed by atoms with E-state index in [1.165, 1.54) is 13.1 Å². The fraction of sp³-hybridized carbons (Fsp3) is 0.143. The molecule has 0 aliphatic carbocycles. The third kappa shape index (κ3) is 3.17. The van der Waals surface area contributed by atoms with Gasteiger partial charge in [0.2, 0.25) is 0 Å². The number of carbonyl (C=O) groups excluding carboxylic acids is 2. The fourth-order valence-corrected chi connectivity index (χ4v) is 3.76. The molecule has 0 aromatic carbocycles. The molecule has 0 radical (unpaired) electrons. The van der Waals surface area contributed by atoms with Crippen molar-refractivity contribution in [2.45, 2.75) is 13.1 Å². The van der Waals surface area contributed by atoms with Gasteiger partial charge in [-0.15, -0.1) is 11.3 Å². The molecule has 12 heteroatoms. The van der Waals surface area contributed by atoms with E-state index in [4.69, 9.17) is 5.73 Å². The van der Waals surface area contributed by atoms with Crippen LogP contribution in [0, 0.1) is 6.92 Å². The van der Waals surface area contributed by atoms with Gasteiger partial charge in [0.1, 0.15) is 21.1 Å². The van der Waals surface area contributed by atoms with E-state index in [1.807, 2.05) is 0 Å². The summed E-state index contributed by atoms with van der Waals surface area (Å²) in [6.07, 6.45) is -3.28. The number of thiophene rings is 1. The minimum absolute atomic E-state index is 0.0164. The Morgan fingerprint density at radius 3 is 2.62 bits per heavy atom. The van der Waals surface area contributed by atoms with Gasteiger partial charge >= 0.3 is 6.18 Å². The second kappa shape index (κ2) is 6.36. The smallest absolute Gasteiger partial charge is 0.365 e. The summed E-state index contributed by atoms with van der Waals surface area (Å²) in [5.74, 6) is -1.53. The normalized spacial score (nSPS) is 11.7. The summed E-state index contributed by atoms with van der Waals surface area (Å²) in [4.78, 5) is 27.5. The number of nitrogens with one attached hydrogen (secondary N) is 2. The van der Waals surface area contributed by atoms with E-state index in [-0.39, 0.29) is 32.0 Å². The molecule has 3 aromatic rings. The van der Waals surface area contributed by atoms with Crippen LogP contribution in [0.4, 0.5) is 18.9 Å². The maximum absolute atomic E-state index is 13.0. The van der Waals surface area contributed by atoms with Crippen LogP contribution in [0.3, 0.4) is 0 Å². The number of aromatic nitrogens is 3. The predicted molar refractivity (Wildman–Crippen MR) is 92.1 cm³/mol. The van der Waals surface area contributed by atoms with Gasteiger partial charge in [-0.25, -0.2) is 4.98 Å². The number of aryl methyl sites for hydroxylation is 1. The number of nitrogens with two attached hydrogens (primary N) is 1. The highest BCUT2D eigenvalue weighted by molar-refractivity contribution is 9.10. The first-order valence-corrected chi connectivity index (χ1v) is 8.52. The van der Waals surface area contributed by atoms with E-state index < -0.39 is 23.7 Å². The lowest BCUT2D eigenvalue weighted by atomic mass is 10.1. The number of anilines is 1. The van der Waals surface area contributed by atoms with Gasteiger partial charge in [-0.3, -0.25) is 14.7 Å². The monoisotopic (exact) mass is 447 g/mol. The van der Waals surface area contributed by atoms with Crippen LogP contribution in [-0.2, 0) is 6.18 Å². The Labute approximate surface area is 155 Å². The number of rotatable bonds is 3. The average Bonchev–Trinajstić information content (AvgIpc) is 3.10. The van der Waals surface area contributed by atoms with Crippen LogP contribution in [0.2, 0.25) is 0 Å². The fourth-order valence-electron chi connectivity index (χ4n) is 2.33. The molecule has 136 valence electrons. The maximum Gasteiger partial charge on any atom is 0.433 e. The van der Waals surface area contributed by atoms with E-state index in [2.05, 4.69) is 36.4 Å². The summed E-state index contributed by atoms with van der Waals surface area (Å²) in [5.41, 5.74) is 4.52. The molecule has 0 atom stereocenters. The minimum Gasteiger partial charge on any atom is -0.365 e. The molecule has 0 aliphatic heterocycles. The molecule has 0 bridgehead atoms. The second-order valence-corrected chi connectivity index (χ2v) is 7.07. The van der Waals surface area contributed by atoms with Gasteiger partial charge in [-0.2, -0.15) is 18.3 Å². The van der Waals surface area contributed by atoms with Crippen LogP contribution in [-0.4, -0.2) is 27.0 Å². The molecule has 3 aromatic heterocycles. The van der Waals surface area contributed by atoms with Crippen LogP contribution >= 0.6 is 27.3 Å². The Morgan fingerprint density at radius 1 is 1.38 bits per heavy atom. The molecule has 0 aliphatic rings. The topological polar surface area (TPSA) is 114 Å². The van der Waals surface area contributed by atoms with E-state index in [0.717, 1.165) is 6.07 Å². The van der Waals surface area contributed by atoms with Crippen molar-refractivity contribution in [1.29, 1.82) is 0 Å². The van der Waals surface area contributed by atoms with Gasteiger partial charge in [0.05, 0.1) is 16.4 Å². The van der Waals surface area contributed by atoms with Gasteiger partial charge in [-0.1, -0.05) is 0 Å². The van der Waals surface area contributed by atoms with Gasteiger partial charge < -0.3 is 11.1 Å². The molecule has 2 amide bonds. The third-order valence-corrected chi connectivity index (χ3v) is 5.13. The Kier molecular flexibility index (Phi) is 4.48. The van der Waals surface area contributed by atoms with Crippen LogP contribution in [0.1, 0.15) is 31.4 Å². The molecule has 0 spiro atoms. The quantitative estimate of drug-likeness (QED) is 0.570. The largest absolute Gasteiger partial charge is 0.433 e. The van der Waals surface area contributed by atoms with Crippen LogP contribution < -0.4 is 11.1 Å². The number of pyridine rings is 1. The molecule has 0 fully saturated rings. The number of H-pyrrole nitrogens is 1. The summed E-state index contributed by atoms with van der Waals surface area (Å²) >= 11 is 3.82. The molecular formula is C14H9BrF3N5O2S. The number of hydrogen-bond donors (Lipinski definition) is 3. The number of fused-ring (bicyclic) bond motifs is 1. The molecular weight excluding hydrogens is 439 g/mol. The van der Waals surface area contributed by atoms with Gasteiger partial charge in [-0.05, 0) is 34.5 Å². The van der Waals surface area contributed by atoms with Crippen LogP contribution in [0.15, 0.2) is 16.7 Å². The SMILES string of the molecule is Cc1cc(C(F)(F)F)nc2sc(C(N)=O)c(NC(=O)c3[nH]ncc3Br)c12. The van der Waals surface area contributed by atoms with Crippen molar-refractivity contribution in [3.8, 4) is 0 Å². The van der Waals surface area contributed by atoms with Crippen molar-refractivity contribution < 1.29 is 22.8 Å². The summed E-state index contributed by atoms with van der Waals surface area (Å²) in [7, 11) is 0. The summed E-state index contributed by atoms with van der Waals surface area (Å²) in [6.45, 7) is 1.43. The van der Waals surface area contributed by atoms with Gasteiger partial charge in [0.15, 0.2) is 0 Å². The lowest BCUT2D eigenvalue weighted by Crippen LogP contribution is -2.17. The Morgan fingerprint density at radius 2 is 2.08 bits per heavy atom. The van der Waals surface area contributed by atoms with Crippen molar-refractivity contribution in [2.75, 3.05) is 5.32 Å². The number of nitrogens with zero attached hydrogens (tertiary/aromatic N) is 2. The highest BCUT2D eigenvalue weighted by Gasteiger charge is 2.34. The van der Waals surface area contributed by atoms with Crippen molar-refractivity contribution in [1.82, 2.24) is 15.2 Å². The zero-order valence-electron chi connectivity index (χ0n) is 12.9. The summed E-state index contributed by atoms with van der Waals surface area (Å²) < 4.78 is 39.3. The first-order valence-electron chi connectivity index (χ1n) is 6.91. The number of carbonyl (C=O) groups is 2. The molecule has 7 nitrogen and oxygen atoms in total. The molecule has 3 rings (SSSR count). The summed E-state index contributed by atoms with van der Waals surface area (Å²) in [6, 6.07) is 0.849. The highest BCUT2D eigenvalue weighted by Crippen LogP contribution is 2.39. The van der Waals surface area contributed by atoms with E-state index in [0.29, 0.717) is 15.8 Å². The average molecular weight is 448 g/mol. The maximum atomic E-state index is 13.0.